The van der Waals surface area contributed by atoms with E-state index < -0.39 is 0 Å². The molecule has 1 amide bonds. The standard InChI is InChI=1S/C11H22N2O2/c1-4-12-5-9(2)10(14)13-6-11(3)7-15-8-11/h9,12H,4-8H2,1-3H3,(H,13,14). The van der Waals surface area contributed by atoms with Crippen molar-refractivity contribution in [2.24, 2.45) is 11.3 Å². The molecule has 1 saturated heterocycles. The van der Waals surface area contributed by atoms with Gasteiger partial charge in [0.15, 0.2) is 0 Å². The van der Waals surface area contributed by atoms with Crippen molar-refractivity contribution >= 4 is 5.91 Å². The number of nitrogens with one attached hydrogen (secondary N) is 2. The lowest BCUT2D eigenvalue weighted by Gasteiger charge is -2.38. The van der Waals surface area contributed by atoms with Crippen molar-refractivity contribution in [1.29, 1.82) is 0 Å². The van der Waals surface area contributed by atoms with E-state index in [-0.39, 0.29) is 17.2 Å². The molecule has 1 aliphatic heterocycles. The van der Waals surface area contributed by atoms with Crippen LogP contribution in [0.1, 0.15) is 20.8 Å². The number of hydrogen-bond donors (Lipinski definition) is 2. The normalized spacial score (nSPS) is 20.5. The number of rotatable bonds is 6. The van der Waals surface area contributed by atoms with Crippen LogP contribution in [0.5, 0.6) is 0 Å². The molecule has 4 nitrogen and oxygen atoms in total. The smallest absolute Gasteiger partial charge is 0.224 e. The Hall–Kier alpha value is -0.610. The lowest BCUT2D eigenvalue weighted by atomic mass is 9.88. The first-order chi connectivity index (χ1) is 7.07. The van der Waals surface area contributed by atoms with Crippen LogP contribution >= 0.6 is 0 Å². The largest absolute Gasteiger partial charge is 0.380 e. The van der Waals surface area contributed by atoms with Crippen LogP contribution in [0.3, 0.4) is 0 Å². The molecule has 0 aromatic rings. The maximum absolute atomic E-state index is 11.6. The molecule has 0 aromatic carbocycles. The van der Waals surface area contributed by atoms with Gasteiger partial charge < -0.3 is 15.4 Å². The molecule has 1 aliphatic rings. The van der Waals surface area contributed by atoms with Gasteiger partial charge in [0.05, 0.1) is 13.2 Å². The first kappa shape index (κ1) is 12.5. The monoisotopic (exact) mass is 214 g/mol. The van der Waals surface area contributed by atoms with Crippen molar-refractivity contribution in [1.82, 2.24) is 10.6 Å². The fourth-order valence-electron chi connectivity index (χ4n) is 1.48. The van der Waals surface area contributed by atoms with E-state index in [9.17, 15) is 4.79 Å². The molecule has 0 bridgehead atoms. The summed E-state index contributed by atoms with van der Waals surface area (Å²) in [6.07, 6.45) is 0. The summed E-state index contributed by atoms with van der Waals surface area (Å²) in [5, 5.41) is 6.14. The van der Waals surface area contributed by atoms with Crippen molar-refractivity contribution in [3.05, 3.63) is 0 Å². The predicted octanol–water partition coefficient (Wildman–Crippen LogP) is 0.385. The number of carbonyl (C=O) groups is 1. The Morgan fingerprint density at radius 3 is 2.67 bits per heavy atom. The Labute approximate surface area is 91.8 Å². The minimum atomic E-state index is 0.0366. The maximum atomic E-state index is 11.6. The highest BCUT2D eigenvalue weighted by Gasteiger charge is 2.33. The van der Waals surface area contributed by atoms with E-state index in [1.54, 1.807) is 0 Å². The maximum Gasteiger partial charge on any atom is 0.224 e. The van der Waals surface area contributed by atoms with E-state index in [1.165, 1.54) is 0 Å². The molecule has 0 spiro atoms. The summed E-state index contributed by atoms with van der Waals surface area (Å²) < 4.78 is 5.13. The minimum absolute atomic E-state index is 0.0366. The van der Waals surface area contributed by atoms with Crippen LogP contribution in [0.2, 0.25) is 0 Å². The summed E-state index contributed by atoms with van der Waals surface area (Å²) in [4.78, 5) is 11.6. The van der Waals surface area contributed by atoms with Gasteiger partial charge in [0.1, 0.15) is 0 Å². The second kappa shape index (κ2) is 5.47. The van der Waals surface area contributed by atoms with Crippen molar-refractivity contribution in [2.75, 3.05) is 32.8 Å². The number of amides is 1. The fourth-order valence-corrected chi connectivity index (χ4v) is 1.48. The van der Waals surface area contributed by atoms with E-state index >= 15 is 0 Å². The van der Waals surface area contributed by atoms with Gasteiger partial charge in [-0.1, -0.05) is 20.8 Å². The molecule has 0 saturated carbocycles. The summed E-state index contributed by atoms with van der Waals surface area (Å²) in [5.74, 6) is 0.165. The molecule has 2 N–H and O–H groups in total. The third kappa shape index (κ3) is 3.80. The van der Waals surface area contributed by atoms with Gasteiger partial charge in [-0.3, -0.25) is 4.79 Å². The van der Waals surface area contributed by atoms with Crippen LogP contribution in [0.4, 0.5) is 0 Å². The Bertz CT molecular complexity index is 215. The van der Waals surface area contributed by atoms with Crippen LogP contribution in [-0.4, -0.2) is 38.8 Å². The van der Waals surface area contributed by atoms with Crippen LogP contribution in [-0.2, 0) is 9.53 Å². The topological polar surface area (TPSA) is 50.4 Å². The molecule has 88 valence electrons. The summed E-state index contributed by atoms with van der Waals surface area (Å²) in [6.45, 7) is 10.0. The van der Waals surface area contributed by atoms with Gasteiger partial charge in [0.25, 0.3) is 0 Å². The van der Waals surface area contributed by atoms with E-state index in [1.807, 2.05) is 13.8 Å². The quantitative estimate of drug-likeness (QED) is 0.672. The highest BCUT2D eigenvalue weighted by molar-refractivity contribution is 5.78. The average molecular weight is 214 g/mol. The van der Waals surface area contributed by atoms with Crippen LogP contribution in [0.25, 0.3) is 0 Å². The Morgan fingerprint density at radius 1 is 1.53 bits per heavy atom. The van der Waals surface area contributed by atoms with Gasteiger partial charge in [-0.15, -0.1) is 0 Å². The van der Waals surface area contributed by atoms with Gasteiger partial charge in [-0.05, 0) is 6.54 Å². The van der Waals surface area contributed by atoms with Crippen molar-refractivity contribution < 1.29 is 9.53 Å². The Kier molecular flexibility index (Phi) is 4.54. The molecule has 0 aromatic heterocycles. The molecule has 15 heavy (non-hydrogen) atoms. The van der Waals surface area contributed by atoms with E-state index in [2.05, 4.69) is 17.6 Å². The lowest BCUT2D eigenvalue weighted by Crippen LogP contribution is -2.50. The van der Waals surface area contributed by atoms with Gasteiger partial charge in [-0.2, -0.15) is 0 Å². The van der Waals surface area contributed by atoms with Crippen molar-refractivity contribution in [3.63, 3.8) is 0 Å². The summed E-state index contributed by atoms with van der Waals surface area (Å²) >= 11 is 0. The van der Waals surface area contributed by atoms with E-state index in [0.717, 1.165) is 32.8 Å². The summed E-state index contributed by atoms with van der Waals surface area (Å²) in [7, 11) is 0. The average Bonchev–Trinajstić information content (AvgIpc) is 2.19. The number of ether oxygens (including phenoxy) is 1. The summed E-state index contributed by atoms with van der Waals surface area (Å²) in [5.41, 5.74) is 0.160. The van der Waals surface area contributed by atoms with Gasteiger partial charge in [-0.25, -0.2) is 0 Å². The highest BCUT2D eigenvalue weighted by Crippen LogP contribution is 2.25. The third-order valence-corrected chi connectivity index (χ3v) is 2.74. The first-order valence-electron chi connectivity index (χ1n) is 5.63. The second-order valence-electron chi connectivity index (χ2n) is 4.73. The molecule has 1 fully saturated rings. The van der Waals surface area contributed by atoms with Crippen LogP contribution in [0, 0.1) is 11.3 Å². The predicted molar refractivity (Wildman–Crippen MR) is 59.6 cm³/mol. The van der Waals surface area contributed by atoms with E-state index in [0.29, 0.717) is 0 Å². The molecule has 1 atom stereocenters. The molecular formula is C11H22N2O2. The van der Waals surface area contributed by atoms with Gasteiger partial charge in [0.2, 0.25) is 5.91 Å². The summed E-state index contributed by atoms with van der Waals surface area (Å²) in [6, 6.07) is 0. The van der Waals surface area contributed by atoms with E-state index in [4.69, 9.17) is 4.74 Å². The molecule has 1 unspecified atom stereocenters. The number of carbonyl (C=O) groups excluding carboxylic acids is 1. The van der Waals surface area contributed by atoms with Crippen molar-refractivity contribution in [3.8, 4) is 0 Å². The second-order valence-corrected chi connectivity index (χ2v) is 4.73. The van der Waals surface area contributed by atoms with Gasteiger partial charge in [0, 0.05) is 24.4 Å². The van der Waals surface area contributed by atoms with Crippen molar-refractivity contribution in [2.45, 2.75) is 20.8 Å². The Balaban J connectivity index is 2.17. The molecule has 0 aliphatic carbocycles. The molecule has 0 radical (unpaired) electrons. The first-order valence-corrected chi connectivity index (χ1v) is 5.63. The minimum Gasteiger partial charge on any atom is -0.380 e. The lowest BCUT2D eigenvalue weighted by molar-refractivity contribution is -0.129. The van der Waals surface area contributed by atoms with Gasteiger partial charge >= 0.3 is 0 Å². The zero-order valence-electron chi connectivity index (χ0n) is 9.93. The van der Waals surface area contributed by atoms with Crippen LogP contribution in [0.15, 0.2) is 0 Å². The highest BCUT2D eigenvalue weighted by atomic mass is 16.5. The molecule has 4 heteroatoms. The number of hydrogen-bond acceptors (Lipinski definition) is 3. The molecule has 1 heterocycles. The third-order valence-electron chi connectivity index (χ3n) is 2.74. The zero-order valence-corrected chi connectivity index (χ0v) is 9.93. The molecule has 1 rings (SSSR count). The van der Waals surface area contributed by atoms with Crippen LogP contribution < -0.4 is 10.6 Å². The zero-order chi connectivity index (χ0) is 11.3. The molecular weight excluding hydrogens is 192 g/mol. The fraction of sp³-hybridized carbons (Fsp3) is 0.909. The Morgan fingerprint density at radius 2 is 2.20 bits per heavy atom. The SMILES string of the molecule is CCNCC(C)C(=O)NCC1(C)COC1.